The number of hydrogen-bond donors (Lipinski definition) is 0. The number of ether oxygens (including phenoxy) is 1. The van der Waals surface area contributed by atoms with Gasteiger partial charge in [0.25, 0.3) is 0 Å². The van der Waals surface area contributed by atoms with Gasteiger partial charge in [0, 0.05) is 10.6 Å². The van der Waals surface area contributed by atoms with Crippen molar-refractivity contribution < 1.29 is 9.13 Å². The lowest BCUT2D eigenvalue weighted by Gasteiger charge is -2.08. The van der Waals surface area contributed by atoms with E-state index in [4.69, 9.17) is 21.6 Å². The van der Waals surface area contributed by atoms with Crippen LogP contribution in [0.5, 0.6) is 0 Å². The molecule has 0 amide bonds. The zero-order chi connectivity index (χ0) is 10.3. The first-order valence-corrected chi connectivity index (χ1v) is 4.49. The number of epoxide rings is 1. The fraction of sp³-hybridized carbons (Fsp3) is 0.300. The van der Waals surface area contributed by atoms with Crippen molar-refractivity contribution in [1.82, 2.24) is 0 Å². The molecule has 0 spiro atoms. The maximum Gasteiger partial charge on any atom is 0.178 e. The van der Waals surface area contributed by atoms with E-state index in [1.807, 2.05) is 6.07 Å². The minimum Gasteiger partial charge on any atom is -0.345 e. The lowest BCUT2D eigenvalue weighted by molar-refractivity contribution is 0.315. The van der Waals surface area contributed by atoms with Gasteiger partial charge in [0.1, 0.15) is 11.4 Å². The summed E-state index contributed by atoms with van der Waals surface area (Å²) >= 11 is 5.85. The molecule has 0 bridgehead atoms. The van der Waals surface area contributed by atoms with Crippen LogP contribution in [0.2, 0.25) is 5.02 Å². The van der Waals surface area contributed by atoms with Gasteiger partial charge in [0.15, 0.2) is 6.10 Å². The molecule has 2 rings (SSSR count). The monoisotopic (exact) mass is 211 g/mol. The maximum atomic E-state index is 13.4. The molecule has 2 unspecified atom stereocenters. The molecule has 1 heterocycles. The number of nitriles is 1. The zero-order valence-electron chi connectivity index (χ0n) is 7.42. The van der Waals surface area contributed by atoms with E-state index in [1.165, 1.54) is 12.1 Å². The Hall–Kier alpha value is -1.11. The third kappa shape index (κ3) is 1.19. The van der Waals surface area contributed by atoms with Gasteiger partial charge >= 0.3 is 0 Å². The van der Waals surface area contributed by atoms with Crippen molar-refractivity contribution in [3.63, 3.8) is 0 Å². The molecule has 4 heteroatoms. The van der Waals surface area contributed by atoms with Crippen LogP contribution < -0.4 is 0 Å². The van der Waals surface area contributed by atoms with Crippen LogP contribution in [0.4, 0.5) is 4.39 Å². The summed E-state index contributed by atoms with van der Waals surface area (Å²) < 4.78 is 18.5. The number of halogens is 2. The molecule has 72 valence electrons. The van der Waals surface area contributed by atoms with E-state index in [9.17, 15) is 4.39 Å². The maximum absolute atomic E-state index is 13.4. The summed E-state index contributed by atoms with van der Waals surface area (Å²) in [4.78, 5) is 0. The minimum absolute atomic E-state index is 0.271. The van der Waals surface area contributed by atoms with E-state index < -0.39 is 17.5 Å². The van der Waals surface area contributed by atoms with Crippen molar-refractivity contribution in [2.24, 2.45) is 0 Å². The quantitative estimate of drug-likeness (QED) is 0.670. The number of benzene rings is 1. The molecule has 1 aromatic carbocycles. The van der Waals surface area contributed by atoms with Crippen LogP contribution >= 0.6 is 11.6 Å². The smallest absolute Gasteiger partial charge is 0.178 e. The van der Waals surface area contributed by atoms with E-state index in [1.54, 1.807) is 13.0 Å². The molecule has 1 fully saturated rings. The van der Waals surface area contributed by atoms with E-state index in [0.29, 0.717) is 5.02 Å². The van der Waals surface area contributed by atoms with Crippen LogP contribution in [0.3, 0.4) is 0 Å². The molecular formula is C10H7ClFNO. The summed E-state index contributed by atoms with van der Waals surface area (Å²) in [5.41, 5.74) is -0.606. The average molecular weight is 212 g/mol. The van der Waals surface area contributed by atoms with E-state index in [0.717, 1.165) is 0 Å². The summed E-state index contributed by atoms with van der Waals surface area (Å²) in [6.45, 7) is 1.66. The van der Waals surface area contributed by atoms with Crippen LogP contribution in [0.15, 0.2) is 18.2 Å². The summed E-state index contributed by atoms with van der Waals surface area (Å²) in [6.07, 6.45) is -0.600. The van der Waals surface area contributed by atoms with Crippen molar-refractivity contribution in [2.75, 3.05) is 0 Å². The van der Waals surface area contributed by atoms with Crippen molar-refractivity contribution in [3.05, 3.63) is 34.6 Å². The van der Waals surface area contributed by atoms with Crippen molar-refractivity contribution in [3.8, 4) is 6.07 Å². The Morgan fingerprint density at radius 3 is 2.86 bits per heavy atom. The molecular weight excluding hydrogens is 205 g/mol. The lowest BCUT2D eigenvalue weighted by Crippen LogP contribution is -2.10. The van der Waals surface area contributed by atoms with Crippen LogP contribution in [-0.2, 0) is 10.3 Å². The predicted octanol–water partition coefficient (Wildman–Crippen LogP) is 2.62. The van der Waals surface area contributed by atoms with Gasteiger partial charge in [-0.1, -0.05) is 17.7 Å². The predicted molar refractivity (Wildman–Crippen MR) is 49.2 cm³/mol. The molecule has 1 saturated heterocycles. The first-order chi connectivity index (χ1) is 6.59. The summed E-state index contributed by atoms with van der Waals surface area (Å²) in [5.74, 6) is -0.433. The van der Waals surface area contributed by atoms with Gasteiger partial charge in [-0.15, -0.1) is 0 Å². The van der Waals surface area contributed by atoms with Gasteiger partial charge in [-0.2, -0.15) is 5.26 Å². The number of hydrogen-bond acceptors (Lipinski definition) is 2. The van der Waals surface area contributed by atoms with Crippen molar-refractivity contribution in [1.29, 1.82) is 5.26 Å². The third-order valence-electron chi connectivity index (χ3n) is 2.38. The van der Waals surface area contributed by atoms with Crippen LogP contribution in [-0.4, -0.2) is 6.10 Å². The molecule has 0 aliphatic carbocycles. The largest absolute Gasteiger partial charge is 0.345 e. The average Bonchev–Trinajstić information content (AvgIpc) is 2.77. The Bertz CT molecular complexity index is 408. The topological polar surface area (TPSA) is 36.3 Å². The van der Waals surface area contributed by atoms with Crippen molar-refractivity contribution in [2.45, 2.75) is 18.6 Å². The normalized spacial score (nSPS) is 29.7. The second kappa shape index (κ2) is 2.94. The molecule has 14 heavy (non-hydrogen) atoms. The van der Waals surface area contributed by atoms with Gasteiger partial charge in [0.05, 0.1) is 6.07 Å². The van der Waals surface area contributed by atoms with Crippen molar-refractivity contribution >= 4 is 11.6 Å². The fourth-order valence-corrected chi connectivity index (χ4v) is 1.87. The van der Waals surface area contributed by atoms with Gasteiger partial charge in [-0.05, 0) is 19.1 Å². The van der Waals surface area contributed by atoms with Crippen LogP contribution in [0.1, 0.15) is 12.5 Å². The molecule has 0 radical (unpaired) electrons. The summed E-state index contributed by atoms with van der Waals surface area (Å²) in [5, 5.41) is 8.94. The Balaban J connectivity index is 2.49. The van der Waals surface area contributed by atoms with Gasteiger partial charge in [-0.3, -0.25) is 0 Å². The fourth-order valence-electron chi connectivity index (χ4n) is 1.52. The Labute approximate surface area is 85.9 Å². The zero-order valence-corrected chi connectivity index (χ0v) is 8.18. The highest BCUT2D eigenvalue weighted by molar-refractivity contribution is 6.31. The first-order valence-electron chi connectivity index (χ1n) is 4.11. The Morgan fingerprint density at radius 2 is 2.36 bits per heavy atom. The molecule has 1 aliphatic heterocycles. The van der Waals surface area contributed by atoms with Gasteiger partial charge in [-0.25, -0.2) is 4.39 Å². The summed E-state index contributed by atoms with van der Waals surface area (Å²) in [7, 11) is 0. The number of rotatable bonds is 1. The second-order valence-electron chi connectivity index (χ2n) is 3.33. The molecule has 1 aromatic rings. The molecule has 0 aromatic heterocycles. The Kier molecular flexibility index (Phi) is 1.99. The number of nitrogens with zero attached hydrogens (tertiary/aromatic N) is 1. The van der Waals surface area contributed by atoms with E-state index in [2.05, 4.69) is 0 Å². The highest BCUT2D eigenvalue weighted by Gasteiger charge is 2.56. The molecule has 1 aliphatic rings. The third-order valence-corrected chi connectivity index (χ3v) is 2.70. The standard InChI is InChI=1S/C10H7ClFNO/c1-10(8(5-13)14-10)9-6(11)3-2-4-7(9)12/h2-4,8H,1H3. The molecule has 0 N–H and O–H groups in total. The highest BCUT2D eigenvalue weighted by atomic mass is 35.5. The van der Waals surface area contributed by atoms with Crippen LogP contribution in [0.25, 0.3) is 0 Å². The first kappa shape index (κ1) is 9.45. The van der Waals surface area contributed by atoms with Gasteiger partial charge in [0.2, 0.25) is 0 Å². The molecule has 0 saturated carbocycles. The minimum atomic E-state index is -0.878. The second-order valence-corrected chi connectivity index (χ2v) is 3.74. The molecule has 2 atom stereocenters. The van der Waals surface area contributed by atoms with E-state index in [-0.39, 0.29) is 5.56 Å². The van der Waals surface area contributed by atoms with Gasteiger partial charge < -0.3 is 4.74 Å². The highest BCUT2D eigenvalue weighted by Crippen LogP contribution is 2.48. The summed E-state index contributed by atoms with van der Waals surface area (Å²) in [6, 6.07) is 6.35. The Morgan fingerprint density at radius 1 is 1.64 bits per heavy atom. The SMILES string of the molecule is CC1(c2c(F)cccc2Cl)OC1C#N. The molecule has 2 nitrogen and oxygen atoms in total. The lowest BCUT2D eigenvalue weighted by atomic mass is 9.97. The van der Waals surface area contributed by atoms with Crippen LogP contribution in [0, 0.1) is 17.1 Å². The van der Waals surface area contributed by atoms with E-state index >= 15 is 0 Å².